The molecule has 18 heavy (non-hydrogen) atoms. The van der Waals surface area contributed by atoms with Gasteiger partial charge in [0, 0.05) is 32.3 Å². The zero-order chi connectivity index (χ0) is 13.0. The average Bonchev–Trinajstić information content (AvgIpc) is 2.75. The summed E-state index contributed by atoms with van der Waals surface area (Å²) in [6.45, 7) is 1.39. The molecule has 0 unspecified atom stereocenters. The topological polar surface area (TPSA) is 55.3 Å². The van der Waals surface area contributed by atoms with E-state index in [1.165, 1.54) is 0 Å². The van der Waals surface area contributed by atoms with Crippen LogP contribution in [0.3, 0.4) is 0 Å². The molecule has 1 aromatic heterocycles. The number of para-hydroxylation sites is 1. The molecule has 96 valence electrons. The Kier molecular flexibility index (Phi) is 3.84. The normalized spacial score (nSPS) is 10.6. The van der Waals surface area contributed by atoms with E-state index in [-0.39, 0.29) is 6.03 Å². The first kappa shape index (κ1) is 12.4. The van der Waals surface area contributed by atoms with Gasteiger partial charge in [-0.3, -0.25) is 0 Å². The van der Waals surface area contributed by atoms with Crippen LogP contribution in [0.4, 0.5) is 10.5 Å². The van der Waals surface area contributed by atoms with Crippen LogP contribution in [0.1, 0.15) is 0 Å². The number of nitrogens with one attached hydrogen (secondary N) is 2. The van der Waals surface area contributed by atoms with Gasteiger partial charge in [-0.15, -0.1) is 0 Å². The molecule has 0 aliphatic rings. The summed E-state index contributed by atoms with van der Waals surface area (Å²) in [5.41, 5.74) is 1.89. The second kappa shape index (κ2) is 5.55. The molecular formula is C13H17N3O2. The van der Waals surface area contributed by atoms with Gasteiger partial charge >= 0.3 is 6.03 Å². The molecule has 0 bridgehead atoms. The van der Waals surface area contributed by atoms with Gasteiger partial charge in [0.05, 0.1) is 17.8 Å². The molecule has 2 rings (SSSR count). The maximum atomic E-state index is 11.4. The molecule has 5 nitrogen and oxygen atoms in total. The van der Waals surface area contributed by atoms with Gasteiger partial charge in [0.15, 0.2) is 0 Å². The van der Waals surface area contributed by atoms with Crippen LogP contribution < -0.4 is 10.6 Å². The first-order chi connectivity index (χ1) is 8.76. The number of methoxy groups -OCH3 is 1. The van der Waals surface area contributed by atoms with Gasteiger partial charge in [0.25, 0.3) is 0 Å². The number of urea groups is 1. The molecule has 1 aromatic carbocycles. The van der Waals surface area contributed by atoms with E-state index in [0.29, 0.717) is 6.61 Å². The van der Waals surface area contributed by atoms with Crippen molar-refractivity contribution in [1.29, 1.82) is 0 Å². The Morgan fingerprint density at radius 1 is 1.39 bits per heavy atom. The number of fused-ring (bicyclic) bond motifs is 1. The van der Waals surface area contributed by atoms with Gasteiger partial charge < -0.3 is 19.9 Å². The van der Waals surface area contributed by atoms with Crippen molar-refractivity contribution in [3.8, 4) is 0 Å². The van der Waals surface area contributed by atoms with E-state index < -0.39 is 0 Å². The number of carbonyl (C=O) groups excluding carboxylic acids is 1. The van der Waals surface area contributed by atoms with Crippen molar-refractivity contribution in [2.45, 2.75) is 6.54 Å². The second-order valence-electron chi connectivity index (χ2n) is 3.95. The van der Waals surface area contributed by atoms with Gasteiger partial charge in [0.1, 0.15) is 0 Å². The lowest BCUT2D eigenvalue weighted by atomic mass is 10.2. The van der Waals surface area contributed by atoms with Crippen molar-refractivity contribution in [3.63, 3.8) is 0 Å². The highest BCUT2D eigenvalue weighted by atomic mass is 16.5. The summed E-state index contributed by atoms with van der Waals surface area (Å²) < 4.78 is 7.16. The minimum atomic E-state index is -0.218. The molecule has 0 aliphatic heterocycles. The fourth-order valence-corrected chi connectivity index (χ4v) is 1.91. The minimum absolute atomic E-state index is 0.218. The fourth-order valence-electron chi connectivity index (χ4n) is 1.91. The number of rotatable bonds is 4. The van der Waals surface area contributed by atoms with Crippen molar-refractivity contribution in [1.82, 2.24) is 9.88 Å². The van der Waals surface area contributed by atoms with E-state index in [2.05, 4.69) is 15.2 Å². The van der Waals surface area contributed by atoms with E-state index >= 15 is 0 Å². The Bertz CT molecular complexity index is 548. The number of aromatic nitrogens is 1. The molecule has 0 saturated heterocycles. The van der Waals surface area contributed by atoms with Gasteiger partial charge in [0.2, 0.25) is 0 Å². The van der Waals surface area contributed by atoms with E-state index in [4.69, 9.17) is 4.74 Å². The number of carbonyl (C=O) groups is 1. The highest BCUT2D eigenvalue weighted by Crippen LogP contribution is 2.25. The largest absolute Gasteiger partial charge is 0.383 e. The number of nitrogens with zero attached hydrogens (tertiary/aromatic N) is 1. The Hall–Kier alpha value is -2.01. The lowest BCUT2D eigenvalue weighted by Gasteiger charge is -2.03. The molecule has 0 fully saturated rings. The predicted octanol–water partition coefficient (Wildman–Crippen LogP) is 2.04. The number of hydrogen-bond acceptors (Lipinski definition) is 2. The summed E-state index contributed by atoms with van der Waals surface area (Å²) in [6.07, 6.45) is 1.93. The Balaban J connectivity index is 2.37. The summed E-state index contributed by atoms with van der Waals surface area (Å²) in [5, 5.41) is 6.39. The maximum Gasteiger partial charge on any atom is 0.319 e. The summed E-state index contributed by atoms with van der Waals surface area (Å²) in [6, 6.07) is 7.74. The van der Waals surface area contributed by atoms with E-state index in [1.54, 1.807) is 14.2 Å². The number of hydrogen-bond donors (Lipinski definition) is 2. The molecule has 0 atom stereocenters. The van der Waals surface area contributed by atoms with Gasteiger partial charge in [-0.25, -0.2) is 4.79 Å². The third kappa shape index (κ3) is 2.46. The standard InChI is InChI=1S/C13H17N3O2/c1-14-13(17)15-11-9-16(7-8-18-2)12-6-4-3-5-10(11)12/h3-6,9H,7-8H2,1-2H3,(H2,14,15,17). The predicted molar refractivity (Wildman–Crippen MR) is 71.9 cm³/mol. The zero-order valence-electron chi connectivity index (χ0n) is 10.6. The lowest BCUT2D eigenvalue weighted by molar-refractivity contribution is 0.188. The van der Waals surface area contributed by atoms with Crippen molar-refractivity contribution in [2.75, 3.05) is 26.1 Å². The monoisotopic (exact) mass is 247 g/mol. The molecule has 1 heterocycles. The van der Waals surface area contributed by atoms with Crippen LogP contribution in [-0.2, 0) is 11.3 Å². The van der Waals surface area contributed by atoms with Crippen molar-refractivity contribution in [3.05, 3.63) is 30.5 Å². The Morgan fingerprint density at radius 3 is 2.89 bits per heavy atom. The summed E-state index contributed by atoms with van der Waals surface area (Å²) >= 11 is 0. The van der Waals surface area contributed by atoms with Gasteiger partial charge in [-0.2, -0.15) is 0 Å². The van der Waals surface area contributed by atoms with Crippen LogP contribution in [0, 0.1) is 0 Å². The van der Waals surface area contributed by atoms with Crippen LogP contribution in [0.15, 0.2) is 30.5 Å². The van der Waals surface area contributed by atoms with Crippen molar-refractivity contribution >= 4 is 22.6 Å². The molecule has 2 amide bonds. The summed E-state index contributed by atoms with van der Waals surface area (Å²) in [4.78, 5) is 11.4. The highest BCUT2D eigenvalue weighted by molar-refractivity contribution is 6.01. The van der Waals surface area contributed by atoms with Gasteiger partial charge in [-0.05, 0) is 6.07 Å². The van der Waals surface area contributed by atoms with E-state index in [9.17, 15) is 4.79 Å². The maximum absolute atomic E-state index is 11.4. The summed E-state index contributed by atoms with van der Waals surface area (Å²) in [7, 11) is 3.27. The molecular weight excluding hydrogens is 230 g/mol. The zero-order valence-corrected chi connectivity index (χ0v) is 10.6. The van der Waals surface area contributed by atoms with Crippen LogP contribution in [0.25, 0.3) is 10.9 Å². The quantitative estimate of drug-likeness (QED) is 0.868. The lowest BCUT2D eigenvalue weighted by Crippen LogP contribution is -2.24. The van der Waals surface area contributed by atoms with E-state index in [0.717, 1.165) is 23.1 Å². The number of anilines is 1. The number of ether oxygens (including phenoxy) is 1. The van der Waals surface area contributed by atoms with Crippen molar-refractivity contribution < 1.29 is 9.53 Å². The molecule has 5 heteroatoms. The first-order valence-corrected chi connectivity index (χ1v) is 5.82. The van der Waals surface area contributed by atoms with Crippen LogP contribution in [0.5, 0.6) is 0 Å². The summed E-state index contributed by atoms with van der Waals surface area (Å²) in [5.74, 6) is 0. The first-order valence-electron chi connectivity index (χ1n) is 5.82. The average molecular weight is 247 g/mol. The van der Waals surface area contributed by atoms with Crippen LogP contribution >= 0.6 is 0 Å². The molecule has 0 spiro atoms. The SMILES string of the molecule is CNC(=O)Nc1cn(CCOC)c2ccccc12. The molecule has 0 aliphatic carbocycles. The van der Waals surface area contributed by atoms with E-state index in [1.807, 2.05) is 30.5 Å². The molecule has 0 saturated carbocycles. The molecule has 0 radical (unpaired) electrons. The van der Waals surface area contributed by atoms with Crippen molar-refractivity contribution in [2.24, 2.45) is 0 Å². The van der Waals surface area contributed by atoms with Gasteiger partial charge in [-0.1, -0.05) is 18.2 Å². The third-order valence-electron chi connectivity index (χ3n) is 2.80. The smallest absolute Gasteiger partial charge is 0.319 e. The molecule has 2 aromatic rings. The Labute approximate surface area is 106 Å². The van der Waals surface area contributed by atoms with Crippen LogP contribution in [0.2, 0.25) is 0 Å². The number of benzene rings is 1. The minimum Gasteiger partial charge on any atom is -0.383 e. The Morgan fingerprint density at radius 2 is 2.17 bits per heavy atom. The fraction of sp³-hybridized carbons (Fsp3) is 0.308. The second-order valence-corrected chi connectivity index (χ2v) is 3.95. The number of amides is 2. The van der Waals surface area contributed by atoms with Crippen LogP contribution in [-0.4, -0.2) is 31.4 Å². The highest BCUT2D eigenvalue weighted by Gasteiger charge is 2.09. The molecule has 2 N–H and O–H groups in total. The third-order valence-corrected chi connectivity index (χ3v) is 2.80.